The van der Waals surface area contributed by atoms with Gasteiger partial charge in [0.1, 0.15) is 19.2 Å². The fourth-order valence-electron chi connectivity index (χ4n) is 4.37. The number of hydrogen-bond acceptors (Lipinski definition) is 7. The average molecular weight is 563 g/mol. The van der Waals surface area contributed by atoms with Crippen LogP contribution in [-0.2, 0) is 35.2 Å². The third-order valence-electron chi connectivity index (χ3n) is 6.52. The Morgan fingerprint density at radius 3 is 2.12 bits per heavy atom. The third kappa shape index (κ3) is 16.1. The van der Waals surface area contributed by atoms with Crippen molar-refractivity contribution in [3.05, 3.63) is 35.9 Å². The number of hydrogen-bond donors (Lipinski definition) is 1. The molecule has 0 saturated heterocycles. The smallest absolute Gasteiger partial charge is 0.407 e. The molecule has 226 valence electrons. The third-order valence-corrected chi connectivity index (χ3v) is 6.52. The second-order valence-corrected chi connectivity index (χ2v) is 9.80. The Morgan fingerprint density at radius 1 is 0.775 bits per heavy atom. The largest absolute Gasteiger partial charge is 0.466 e. The summed E-state index contributed by atoms with van der Waals surface area (Å²) in [5, 5.41) is 2.53. The number of benzene rings is 1. The van der Waals surface area contributed by atoms with Gasteiger partial charge in [0.15, 0.2) is 0 Å². The van der Waals surface area contributed by atoms with Gasteiger partial charge in [0, 0.05) is 13.0 Å². The zero-order chi connectivity index (χ0) is 29.4. The van der Waals surface area contributed by atoms with Crippen molar-refractivity contribution in [2.45, 2.75) is 110 Å². The molecule has 0 spiro atoms. The van der Waals surface area contributed by atoms with Crippen LogP contribution in [0.25, 0.3) is 0 Å². The van der Waals surface area contributed by atoms with Crippen molar-refractivity contribution in [3.63, 3.8) is 0 Å². The summed E-state index contributed by atoms with van der Waals surface area (Å²) in [5.74, 6) is -0.976. The van der Waals surface area contributed by atoms with E-state index in [-0.39, 0.29) is 31.6 Å². The van der Waals surface area contributed by atoms with Gasteiger partial charge in [-0.2, -0.15) is 0 Å². The first kappa shape index (κ1) is 34.9. The maximum absolute atomic E-state index is 13.3. The van der Waals surface area contributed by atoms with Crippen LogP contribution in [0.1, 0.15) is 103 Å². The number of nitrogens with one attached hydrogen (secondary N) is 1. The van der Waals surface area contributed by atoms with E-state index in [0.29, 0.717) is 38.8 Å². The zero-order valence-electron chi connectivity index (χ0n) is 24.8. The first-order chi connectivity index (χ1) is 19.4. The quantitative estimate of drug-likeness (QED) is 0.106. The number of nitrogens with zero attached hydrogens (tertiary/aromatic N) is 1. The minimum absolute atomic E-state index is 0.0971. The Balaban J connectivity index is 2.75. The van der Waals surface area contributed by atoms with Gasteiger partial charge in [0.2, 0.25) is 5.91 Å². The number of rotatable bonds is 22. The summed E-state index contributed by atoms with van der Waals surface area (Å²) < 4.78 is 15.5. The Labute approximate surface area is 240 Å². The molecule has 9 heteroatoms. The molecule has 1 unspecified atom stereocenters. The lowest BCUT2D eigenvalue weighted by Gasteiger charge is -2.30. The summed E-state index contributed by atoms with van der Waals surface area (Å²) >= 11 is 0. The Hall–Kier alpha value is -3.10. The molecular formula is C31H50N2O7. The van der Waals surface area contributed by atoms with Crippen molar-refractivity contribution in [2.24, 2.45) is 0 Å². The van der Waals surface area contributed by atoms with Gasteiger partial charge in [-0.25, -0.2) is 9.59 Å². The topological polar surface area (TPSA) is 111 Å². The SMILES string of the molecule is CCCCCCCCC(C(=O)OCC)N(CCCCCCC(=O)OCC)C(=O)CNC(=O)OCc1ccccc1. The minimum Gasteiger partial charge on any atom is -0.466 e. The highest BCUT2D eigenvalue weighted by molar-refractivity contribution is 5.87. The molecule has 0 saturated carbocycles. The first-order valence-corrected chi connectivity index (χ1v) is 15.0. The van der Waals surface area contributed by atoms with Gasteiger partial charge in [-0.05, 0) is 38.7 Å². The molecule has 0 aliphatic heterocycles. The molecule has 0 aliphatic rings. The Kier molecular flexibility index (Phi) is 19.8. The van der Waals surface area contributed by atoms with Crippen LogP contribution < -0.4 is 5.32 Å². The summed E-state index contributed by atoms with van der Waals surface area (Å²) in [7, 11) is 0. The summed E-state index contributed by atoms with van der Waals surface area (Å²) in [4.78, 5) is 51.6. The van der Waals surface area contributed by atoms with Gasteiger partial charge in [-0.1, -0.05) is 88.6 Å². The van der Waals surface area contributed by atoms with Crippen LogP contribution in [0.5, 0.6) is 0 Å². The van der Waals surface area contributed by atoms with E-state index in [1.54, 1.807) is 18.7 Å². The minimum atomic E-state index is -0.708. The first-order valence-electron chi connectivity index (χ1n) is 15.0. The van der Waals surface area contributed by atoms with Gasteiger partial charge >= 0.3 is 18.0 Å². The summed E-state index contributed by atoms with van der Waals surface area (Å²) in [5.41, 5.74) is 0.842. The number of alkyl carbamates (subject to hydrolysis) is 1. The molecule has 1 rings (SSSR count). The molecule has 1 N–H and O–H groups in total. The van der Waals surface area contributed by atoms with E-state index in [1.807, 2.05) is 30.3 Å². The van der Waals surface area contributed by atoms with Crippen LogP contribution in [0.2, 0.25) is 0 Å². The average Bonchev–Trinajstić information content (AvgIpc) is 2.95. The second kappa shape index (κ2) is 22.7. The predicted octanol–water partition coefficient (Wildman–Crippen LogP) is 5.94. The molecule has 40 heavy (non-hydrogen) atoms. The molecule has 0 heterocycles. The van der Waals surface area contributed by atoms with Crippen molar-refractivity contribution >= 4 is 23.9 Å². The maximum Gasteiger partial charge on any atom is 0.407 e. The lowest BCUT2D eigenvalue weighted by molar-refractivity contribution is -0.155. The summed E-state index contributed by atoms with van der Waals surface area (Å²) in [6.07, 6.45) is 9.56. The van der Waals surface area contributed by atoms with E-state index in [9.17, 15) is 19.2 Å². The second-order valence-electron chi connectivity index (χ2n) is 9.80. The van der Waals surface area contributed by atoms with E-state index >= 15 is 0 Å². The lowest BCUT2D eigenvalue weighted by Crippen LogP contribution is -2.50. The highest BCUT2D eigenvalue weighted by Crippen LogP contribution is 2.16. The van der Waals surface area contributed by atoms with Gasteiger partial charge in [0.25, 0.3) is 0 Å². The number of amides is 2. The summed E-state index contributed by atoms with van der Waals surface area (Å²) in [6, 6.07) is 8.57. The highest BCUT2D eigenvalue weighted by Gasteiger charge is 2.30. The van der Waals surface area contributed by atoms with Crippen LogP contribution in [0, 0.1) is 0 Å². The molecule has 0 aliphatic carbocycles. The fraction of sp³-hybridized carbons (Fsp3) is 0.677. The molecule has 1 aromatic carbocycles. The molecule has 9 nitrogen and oxygen atoms in total. The Morgan fingerprint density at radius 2 is 1.43 bits per heavy atom. The predicted molar refractivity (Wildman–Crippen MR) is 154 cm³/mol. The molecule has 0 radical (unpaired) electrons. The van der Waals surface area contributed by atoms with Crippen molar-refractivity contribution in [2.75, 3.05) is 26.3 Å². The number of esters is 2. The fourth-order valence-corrected chi connectivity index (χ4v) is 4.37. The van der Waals surface area contributed by atoms with Gasteiger partial charge < -0.3 is 24.4 Å². The standard InChI is InChI=1S/C31H50N2O7/c1-4-7-8-9-10-16-21-27(30(36)39-6-3)33(23-18-12-11-17-22-29(35)38-5-2)28(34)24-32-31(37)40-25-26-19-14-13-15-20-26/h13-15,19-20,27H,4-12,16-18,21-25H2,1-3H3,(H,32,37). The molecular weight excluding hydrogens is 512 g/mol. The maximum atomic E-state index is 13.3. The van der Waals surface area contributed by atoms with Gasteiger partial charge in [-0.3, -0.25) is 9.59 Å². The highest BCUT2D eigenvalue weighted by atomic mass is 16.5. The van der Waals surface area contributed by atoms with E-state index in [2.05, 4.69) is 12.2 Å². The zero-order valence-corrected chi connectivity index (χ0v) is 24.8. The number of carbonyl (C=O) groups excluding carboxylic acids is 4. The van der Waals surface area contributed by atoms with Crippen molar-refractivity contribution in [1.82, 2.24) is 10.2 Å². The molecule has 0 aromatic heterocycles. The number of unbranched alkanes of at least 4 members (excludes halogenated alkanes) is 8. The molecule has 0 fully saturated rings. The van der Waals surface area contributed by atoms with Crippen molar-refractivity contribution in [3.8, 4) is 0 Å². The normalized spacial score (nSPS) is 11.4. The molecule has 1 aromatic rings. The van der Waals surface area contributed by atoms with Crippen LogP contribution in [0.4, 0.5) is 4.79 Å². The molecule has 2 amide bonds. The lowest BCUT2D eigenvalue weighted by atomic mass is 10.0. The molecule has 0 bridgehead atoms. The number of carbonyl (C=O) groups is 4. The van der Waals surface area contributed by atoms with Gasteiger partial charge in [0.05, 0.1) is 13.2 Å². The van der Waals surface area contributed by atoms with Crippen LogP contribution in [0.15, 0.2) is 30.3 Å². The van der Waals surface area contributed by atoms with Crippen LogP contribution in [0.3, 0.4) is 0 Å². The van der Waals surface area contributed by atoms with E-state index < -0.39 is 18.1 Å². The van der Waals surface area contributed by atoms with Crippen LogP contribution in [-0.4, -0.2) is 61.2 Å². The van der Waals surface area contributed by atoms with Gasteiger partial charge in [-0.15, -0.1) is 0 Å². The van der Waals surface area contributed by atoms with Crippen molar-refractivity contribution in [1.29, 1.82) is 0 Å². The van der Waals surface area contributed by atoms with E-state index in [1.165, 1.54) is 6.42 Å². The van der Waals surface area contributed by atoms with E-state index in [0.717, 1.165) is 50.5 Å². The number of ether oxygens (including phenoxy) is 3. The summed E-state index contributed by atoms with van der Waals surface area (Å²) in [6.45, 7) is 6.49. The van der Waals surface area contributed by atoms with Crippen molar-refractivity contribution < 1.29 is 33.4 Å². The Bertz CT molecular complexity index is 847. The van der Waals surface area contributed by atoms with Crippen LogP contribution >= 0.6 is 0 Å². The monoisotopic (exact) mass is 562 g/mol. The molecule has 1 atom stereocenters. The van der Waals surface area contributed by atoms with E-state index in [4.69, 9.17) is 14.2 Å².